The minimum absolute atomic E-state index is 0.0404. The zero-order valence-corrected chi connectivity index (χ0v) is 39.5. The van der Waals surface area contributed by atoms with Gasteiger partial charge in [0.25, 0.3) is 0 Å². The molecule has 4 heterocycles. The van der Waals surface area contributed by atoms with Crippen LogP contribution in [0.15, 0.2) is 163 Å². The highest BCUT2D eigenvalue weighted by Gasteiger charge is 2.41. The normalized spacial score (nSPS) is 18.6. The maximum atomic E-state index is 12.7. The van der Waals surface area contributed by atoms with Gasteiger partial charge in [0.05, 0.1) is 12.7 Å². The fraction of sp³-hybridized carbons (Fsp3) is 0.263. The number of ether oxygens (including phenoxy) is 3. The fourth-order valence-corrected chi connectivity index (χ4v) is 8.76. The number of hydrogen-bond donors (Lipinski definition) is 2. The summed E-state index contributed by atoms with van der Waals surface area (Å²) < 4.78 is 16.4. The molecule has 4 amide bonds. The van der Waals surface area contributed by atoms with Crippen molar-refractivity contribution < 1.29 is 38.2 Å². The van der Waals surface area contributed by atoms with Gasteiger partial charge in [0, 0.05) is 74.6 Å². The van der Waals surface area contributed by atoms with Crippen molar-refractivity contribution in [3.8, 4) is 23.3 Å². The molecule has 14 heteroatoms. The number of carbonyl (C=O) groups excluding carboxylic acids is 5. The Balaban J connectivity index is 0.000000182. The highest BCUT2D eigenvalue weighted by Crippen LogP contribution is 2.42. The number of pyridine rings is 2. The average Bonchev–Trinajstić information content (AvgIpc) is 4.35. The Kier molecular flexibility index (Phi) is 16.8. The van der Waals surface area contributed by atoms with Crippen molar-refractivity contribution in [3.63, 3.8) is 0 Å². The van der Waals surface area contributed by atoms with Crippen LogP contribution in [0.1, 0.15) is 83.0 Å². The first-order valence-corrected chi connectivity index (χ1v) is 23.9. The van der Waals surface area contributed by atoms with Crippen molar-refractivity contribution in [2.45, 2.75) is 62.4 Å². The second-order valence-electron chi connectivity index (χ2n) is 17.7. The monoisotopic (exact) mass is 952 g/mol. The Hall–Kier alpha value is -8.35. The molecule has 2 aromatic heterocycles. The molecule has 4 aliphatic rings. The van der Waals surface area contributed by atoms with Crippen LogP contribution >= 0.6 is 0 Å². The molecule has 0 bridgehead atoms. The van der Waals surface area contributed by atoms with Crippen LogP contribution in [0.5, 0.6) is 23.3 Å². The standard InChI is InChI=1S/C29H29N3O4.C27H27N3O2.CO2/c1-35-28(33)23-10-11-27(30-19-23)36-24-9-5-6-21(17-24)16-20-12-14-32(15-13-20)29(34)31-26-18-25(26)22-7-3-2-4-8-22;31-27(29-25-19-24(25)22-8-2-1-3-9-22)30-15-12-20(13-16-30)17-21-7-6-10-23(18-21)32-26-11-4-5-14-28-26;2-1-3/h2-11,16-17,19,25-26H,12-15,18H2,1H3,(H,31,34);1-11,14,17-18,24-25H,12-13,15-16,19H2,(H,29,31);/t25-,26+;24-,25+;/m00./s1. The number of rotatable bonds is 11. The number of likely N-dealkylation sites (tertiary alicyclic amines) is 2. The van der Waals surface area contributed by atoms with E-state index in [1.54, 1.807) is 18.3 Å². The summed E-state index contributed by atoms with van der Waals surface area (Å²) in [6.45, 7) is 2.94. The molecule has 2 aliphatic heterocycles. The second-order valence-corrected chi connectivity index (χ2v) is 17.7. The maximum absolute atomic E-state index is 12.7. The van der Waals surface area contributed by atoms with E-state index >= 15 is 0 Å². The van der Waals surface area contributed by atoms with Crippen molar-refractivity contribution in [2.24, 2.45) is 0 Å². The molecule has 2 aliphatic carbocycles. The molecule has 4 atom stereocenters. The van der Waals surface area contributed by atoms with Crippen LogP contribution in [-0.4, -0.2) is 89.3 Å². The van der Waals surface area contributed by atoms with E-state index in [0.717, 1.165) is 68.5 Å². The van der Waals surface area contributed by atoms with Gasteiger partial charge in [-0.15, -0.1) is 0 Å². The largest absolute Gasteiger partial charge is 0.465 e. The second kappa shape index (κ2) is 24.3. The van der Waals surface area contributed by atoms with E-state index in [2.05, 4.69) is 75.2 Å². The van der Waals surface area contributed by atoms with E-state index in [9.17, 15) is 14.4 Å². The number of carbonyl (C=O) groups is 3. The maximum Gasteiger partial charge on any atom is 0.373 e. The first-order valence-electron chi connectivity index (χ1n) is 23.9. The summed E-state index contributed by atoms with van der Waals surface area (Å²) in [7, 11) is 1.33. The number of amides is 4. The minimum atomic E-state index is -0.435. The number of hydrogen-bond acceptors (Lipinski definition) is 10. The lowest BCUT2D eigenvalue weighted by Gasteiger charge is -2.28. The molecular formula is C57H56N6O8. The Labute approximate surface area is 413 Å². The SMILES string of the molecule is COC(=O)c1ccc(Oc2cccc(C=C3CCN(C(=O)N[C@@H]4C[C@H]4c4ccccc4)CC3)c2)nc1.O=C(N[C@@H]1C[C@H]1c1ccccc1)N1CCC(=Cc2cccc(Oc3ccccn3)c2)CC1.O=C=O. The van der Waals surface area contributed by atoms with Gasteiger partial charge in [0.15, 0.2) is 0 Å². The van der Waals surface area contributed by atoms with Crippen LogP contribution in [0.2, 0.25) is 0 Å². The Bertz CT molecular complexity index is 2820. The van der Waals surface area contributed by atoms with Gasteiger partial charge in [-0.2, -0.15) is 9.59 Å². The highest BCUT2D eigenvalue weighted by atomic mass is 16.5. The Morgan fingerprint density at radius 2 is 1.04 bits per heavy atom. The van der Waals surface area contributed by atoms with Crippen molar-refractivity contribution in [1.29, 1.82) is 0 Å². The number of piperidine rings is 2. The predicted molar refractivity (Wildman–Crippen MR) is 268 cm³/mol. The van der Waals surface area contributed by atoms with Crippen LogP contribution in [0.25, 0.3) is 12.2 Å². The number of nitrogens with one attached hydrogen (secondary N) is 2. The third-order valence-corrected chi connectivity index (χ3v) is 12.7. The molecule has 4 fully saturated rings. The number of esters is 1. The molecule has 14 nitrogen and oxygen atoms in total. The molecule has 2 saturated heterocycles. The topological polar surface area (TPSA) is 169 Å². The minimum Gasteiger partial charge on any atom is -0.465 e. The van der Waals surface area contributed by atoms with Gasteiger partial charge in [-0.05, 0) is 97.2 Å². The zero-order valence-electron chi connectivity index (χ0n) is 39.5. The molecule has 4 aromatic carbocycles. The van der Waals surface area contributed by atoms with E-state index in [1.165, 1.54) is 35.6 Å². The lowest BCUT2D eigenvalue weighted by Crippen LogP contribution is -2.44. The van der Waals surface area contributed by atoms with Crippen LogP contribution in [0.3, 0.4) is 0 Å². The van der Waals surface area contributed by atoms with E-state index in [0.29, 0.717) is 48.0 Å². The lowest BCUT2D eigenvalue weighted by atomic mass is 10.0. The molecule has 71 heavy (non-hydrogen) atoms. The van der Waals surface area contributed by atoms with Crippen LogP contribution in [0.4, 0.5) is 9.59 Å². The van der Waals surface area contributed by atoms with Gasteiger partial charge in [0.1, 0.15) is 11.5 Å². The summed E-state index contributed by atoms with van der Waals surface area (Å²) in [5, 5.41) is 6.41. The molecule has 362 valence electrons. The summed E-state index contributed by atoms with van der Waals surface area (Å²) in [5.41, 5.74) is 7.80. The smallest absolute Gasteiger partial charge is 0.373 e. The van der Waals surface area contributed by atoms with E-state index in [4.69, 9.17) is 23.8 Å². The molecule has 2 N–H and O–H groups in total. The first-order chi connectivity index (χ1) is 34.7. The molecular weight excluding hydrogens is 897 g/mol. The molecule has 10 rings (SSSR count). The quantitative estimate of drug-likeness (QED) is 0.119. The third kappa shape index (κ3) is 14.3. The molecule has 0 unspecified atom stereocenters. The van der Waals surface area contributed by atoms with Gasteiger partial charge in [-0.1, -0.05) is 114 Å². The number of benzene rings is 4. The molecule has 0 spiro atoms. The van der Waals surface area contributed by atoms with Crippen molar-refractivity contribution in [1.82, 2.24) is 30.4 Å². The first kappa shape index (κ1) is 49.1. The Morgan fingerprint density at radius 1 is 0.577 bits per heavy atom. The summed E-state index contributed by atoms with van der Waals surface area (Å²) in [6, 6.07) is 46.1. The van der Waals surface area contributed by atoms with Crippen LogP contribution in [-0.2, 0) is 14.3 Å². The molecule has 2 saturated carbocycles. The van der Waals surface area contributed by atoms with Gasteiger partial charge in [-0.25, -0.2) is 24.4 Å². The number of nitrogens with zero attached hydrogens (tertiary/aromatic N) is 4. The van der Waals surface area contributed by atoms with Crippen LogP contribution in [0, 0.1) is 0 Å². The lowest BCUT2D eigenvalue weighted by molar-refractivity contribution is -0.191. The fourth-order valence-electron chi connectivity index (χ4n) is 8.76. The van der Waals surface area contributed by atoms with E-state index in [-0.39, 0.29) is 30.3 Å². The third-order valence-electron chi connectivity index (χ3n) is 12.7. The van der Waals surface area contributed by atoms with Gasteiger partial charge in [0.2, 0.25) is 11.8 Å². The Morgan fingerprint density at radius 3 is 1.46 bits per heavy atom. The van der Waals surface area contributed by atoms with Crippen LogP contribution < -0.4 is 20.1 Å². The van der Waals surface area contributed by atoms with Crippen molar-refractivity contribution in [3.05, 3.63) is 191 Å². The number of methoxy groups -OCH3 is 1. The van der Waals surface area contributed by atoms with Gasteiger partial charge >= 0.3 is 24.2 Å². The van der Waals surface area contributed by atoms with Crippen molar-refractivity contribution in [2.75, 3.05) is 33.3 Å². The highest BCUT2D eigenvalue weighted by molar-refractivity contribution is 5.88. The van der Waals surface area contributed by atoms with E-state index < -0.39 is 5.97 Å². The van der Waals surface area contributed by atoms with E-state index in [1.807, 2.05) is 94.7 Å². The molecule has 0 radical (unpaired) electrons. The molecule has 6 aromatic rings. The number of urea groups is 2. The summed E-state index contributed by atoms with van der Waals surface area (Å²) in [4.78, 5) is 65.5. The summed E-state index contributed by atoms with van der Waals surface area (Å²) in [6.07, 6.45) is 13.3. The zero-order chi connectivity index (χ0) is 49.4. The van der Waals surface area contributed by atoms with Gasteiger partial charge < -0.3 is 34.6 Å². The van der Waals surface area contributed by atoms with Gasteiger partial charge in [-0.3, -0.25) is 0 Å². The summed E-state index contributed by atoms with van der Waals surface area (Å²) in [5.74, 6) is 2.88. The van der Waals surface area contributed by atoms with Crippen molar-refractivity contribution >= 4 is 36.3 Å². The predicted octanol–water partition coefficient (Wildman–Crippen LogP) is 10.4. The summed E-state index contributed by atoms with van der Waals surface area (Å²) >= 11 is 0. The average molecular weight is 953 g/mol. The number of aromatic nitrogens is 2.